The van der Waals surface area contributed by atoms with Crippen LogP contribution in [0.25, 0.3) is 11.4 Å². The molecule has 0 radical (unpaired) electrons. The maximum absolute atomic E-state index is 5.79. The zero-order valence-corrected chi connectivity index (χ0v) is 12.1. The Kier molecular flexibility index (Phi) is 6.03. The van der Waals surface area contributed by atoms with Gasteiger partial charge < -0.3 is 4.74 Å². The Morgan fingerprint density at radius 1 is 0.950 bits per heavy atom. The van der Waals surface area contributed by atoms with E-state index in [0.717, 1.165) is 30.2 Å². The van der Waals surface area contributed by atoms with Gasteiger partial charge in [0, 0.05) is 18.0 Å². The lowest BCUT2D eigenvalue weighted by Gasteiger charge is -2.07. The first-order valence-corrected chi connectivity index (χ1v) is 7.40. The lowest BCUT2D eigenvalue weighted by molar-refractivity contribution is 0.304. The molecule has 1 aromatic carbocycles. The molecule has 0 N–H and O–H groups in total. The second kappa shape index (κ2) is 8.31. The Morgan fingerprint density at radius 2 is 1.75 bits per heavy atom. The summed E-state index contributed by atoms with van der Waals surface area (Å²) in [5, 5.41) is 0. The van der Waals surface area contributed by atoms with Gasteiger partial charge in [-0.05, 0) is 24.6 Å². The number of hydrogen-bond donors (Lipinski definition) is 0. The third-order valence-electron chi connectivity index (χ3n) is 3.17. The summed E-state index contributed by atoms with van der Waals surface area (Å²) in [5.41, 5.74) is 0.995. The minimum atomic E-state index is 0.737. The van der Waals surface area contributed by atoms with E-state index >= 15 is 0 Å². The smallest absolute Gasteiger partial charge is 0.159 e. The monoisotopic (exact) mass is 270 g/mol. The molecule has 0 aliphatic rings. The molecule has 0 fully saturated rings. The molecule has 106 valence electrons. The first kappa shape index (κ1) is 14.5. The van der Waals surface area contributed by atoms with Crippen molar-refractivity contribution in [3.63, 3.8) is 0 Å². The maximum Gasteiger partial charge on any atom is 0.159 e. The third kappa shape index (κ3) is 4.65. The normalized spacial score (nSPS) is 10.4. The summed E-state index contributed by atoms with van der Waals surface area (Å²) < 4.78 is 5.79. The minimum absolute atomic E-state index is 0.737. The van der Waals surface area contributed by atoms with Crippen LogP contribution in [0.2, 0.25) is 0 Å². The molecule has 0 unspecified atom stereocenters. The van der Waals surface area contributed by atoms with Crippen LogP contribution in [0.4, 0.5) is 0 Å². The van der Waals surface area contributed by atoms with Crippen molar-refractivity contribution < 1.29 is 4.74 Å². The van der Waals surface area contributed by atoms with Crippen LogP contribution < -0.4 is 4.74 Å². The van der Waals surface area contributed by atoms with Crippen molar-refractivity contribution in [2.45, 2.75) is 39.0 Å². The van der Waals surface area contributed by atoms with Crippen LogP contribution >= 0.6 is 0 Å². The van der Waals surface area contributed by atoms with Crippen molar-refractivity contribution >= 4 is 0 Å². The van der Waals surface area contributed by atoms with Gasteiger partial charge in [0.25, 0.3) is 0 Å². The lowest BCUT2D eigenvalue weighted by atomic mass is 10.2. The van der Waals surface area contributed by atoms with Crippen molar-refractivity contribution in [1.82, 2.24) is 9.97 Å². The van der Waals surface area contributed by atoms with Gasteiger partial charge >= 0.3 is 0 Å². The second-order valence-corrected chi connectivity index (χ2v) is 4.86. The molecule has 0 aliphatic carbocycles. The van der Waals surface area contributed by atoms with E-state index in [1.807, 2.05) is 30.3 Å². The molecule has 2 rings (SSSR count). The van der Waals surface area contributed by atoms with E-state index in [0.29, 0.717) is 0 Å². The van der Waals surface area contributed by atoms with Crippen molar-refractivity contribution in [2.24, 2.45) is 0 Å². The van der Waals surface area contributed by atoms with Gasteiger partial charge in [-0.1, -0.05) is 44.7 Å². The third-order valence-corrected chi connectivity index (χ3v) is 3.17. The molecule has 20 heavy (non-hydrogen) atoms. The zero-order valence-electron chi connectivity index (χ0n) is 12.1. The van der Waals surface area contributed by atoms with E-state index in [1.165, 1.54) is 25.7 Å². The Labute approximate surface area is 121 Å². The highest BCUT2D eigenvalue weighted by Crippen LogP contribution is 2.20. The molecule has 2 aromatic rings. The molecule has 0 saturated carbocycles. The van der Waals surface area contributed by atoms with Crippen LogP contribution in [-0.4, -0.2) is 16.6 Å². The topological polar surface area (TPSA) is 35.0 Å². The van der Waals surface area contributed by atoms with E-state index in [1.54, 1.807) is 12.4 Å². The fraction of sp³-hybridized carbons (Fsp3) is 0.412. The van der Waals surface area contributed by atoms with Gasteiger partial charge in [0.05, 0.1) is 6.61 Å². The molecule has 0 amide bonds. The van der Waals surface area contributed by atoms with Gasteiger partial charge in [-0.25, -0.2) is 9.97 Å². The number of nitrogens with zero attached hydrogens (tertiary/aromatic N) is 2. The van der Waals surface area contributed by atoms with Gasteiger partial charge in [-0.15, -0.1) is 0 Å². The Bertz CT molecular complexity index is 499. The summed E-state index contributed by atoms with van der Waals surface area (Å²) in [4.78, 5) is 8.51. The first-order valence-electron chi connectivity index (χ1n) is 7.40. The van der Waals surface area contributed by atoms with Crippen molar-refractivity contribution in [2.75, 3.05) is 6.61 Å². The van der Waals surface area contributed by atoms with E-state index in [2.05, 4.69) is 16.9 Å². The molecule has 1 aromatic heterocycles. The number of unbranched alkanes of at least 4 members (excludes halogenated alkanes) is 4. The van der Waals surface area contributed by atoms with Crippen LogP contribution in [0.15, 0.2) is 42.7 Å². The molecule has 0 atom stereocenters. The molecular weight excluding hydrogens is 248 g/mol. The molecular formula is C17H22N2O. The maximum atomic E-state index is 5.79. The number of aromatic nitrogens is 2. The fourth-order valence-corrected chi connectivity index (χ4v) is 2.07. The van der Waals surface area contributed by atoms with Crippen LogP contribution in [0.5, 0.6) is 5.75 Å². The summed E-state index contributed by atoms with van der Waals surface area (Å²) in [6.07, 6.45) is 9.77. The Hall–Kier alpha value is -1.90. The molecule has 0 bridgehead atoms. The van der Waals surface area contributed by atoms with Gasteiger partial charge in [0.15, 0.2) is 5.82 Å². The average Bonchev–Trinajstić information content (AvgIpc) is 2.52. The van der Waals surface area contributed by atoms with Crippen LogP contribution in [-0.2, 0) is 0 Å². The zero-order chi connectivity index (χ0) is 14.0. The predicted octanol–water partition coefficient (Wildman–Crippen LogP) is 4.49. The first-order chi connectivity index (χ1) is 9.90. The second-order valence-electron chi connectivity index (χ2n) is 4.86. The summed E-state index contributed by atoms with van der Waals surface area (Å²) in [6, 6.07) is 9.79. The van der Waals surface area contributed by atoms with Crippen molar-refractivity contribution in [3.8, 4) is 17.1 Å². The minimum Gasteiger partial charge on any atom is -0.494 e. The largest absolute Gasteiger partial charge is 0.494 e. The van der Waals surface area contributed by atoms with Gasteiger partial charge in [0.2, 0.25) is 0 Å². The summed E-state index contributed by atoms with van der Waals surface area (Å²) in [6.45, 7) is 3.01. The van der Waals surface area contributed by atoms with Gasteiger partial charge in [-0.2, -0.15) is 0 Å². The van der Waals surface area contributed by atoms with E-state index in [-0.39, 0.29) is 0 Å². The van der Waals surface area contributed by atoms with Crippen molar-refractivity contribution in [3.05, 3.63) is 42.7 Å². The molecule has 0 spiro atoms. The van der Waals surface area contributed by atoms with Crippen LogP contribution in [0.1, 0.15) is 39.0 Å². The van der Waals surface area contributed by atoms with E-state index in [4.69, 9.17) is 4.74 Å². The van der Waals surface area contributed by atoms with Gasteiger partial charge in [0.1, 0.15) is 5.75 Å². The van der Waals surface area contributed by atoms with E-state index in [9.17, 15) is 0 Å². The number of rotatable bonds is 8. The lowest BCUT2D eigenvalue weighted by Crippen LogP contribution is -1.97. The number of hydrogen-bond acceptors (Lipinski definition) is 3. The molecule has 3 nitrogen and oxygen atoms in total. The Balaban J connectivity index is 1.84. The quantitative estimate of drug-likeness (QED) is 0.663. The molecule has 0 saturated heterocycles. The van der Waals surface area contributed by atoms with E-state index < -0.39 is 0 Å². The number of ether oxygens (including phenoxy) is 1. The SMILES string of the molecule is CCCCCCCOc1cccc(-c2ncccn2)c1. The highest BCUT2D eigenvalue weighted by atomic mass is 16.5. The fourth-order valence-electron chi connectivity index (χ4n) is 2.07. The molecule has 0 aliphatic heterocycles. The summed E-state index contributed by atoms with van der Waals surface area (Å²) >= 11 is 0. The van der Waals surface area contributed by atoms with Crippen LogP contribution in [0, 0.1) is 0 Å². The highest BCUT2D eigenvalue weighted by molar-refractivity contribution is 5.56. The molecule has 1 heterocycles. The summed E-state index contributed by atoms with van der Waals surface area (Å²) in [5.74, 6) is 1.63. The summed E-state index contributed by atoms with van der Waals surface area (Å²) in [7, 11) is 0. The average molecular weight is 270 g/mol. The van der Waals surface area contributed by atoms with Crippen molar-refractivity contribution in [1.29, 1.82) is 0 Å². The Morgan fingerprint density at radius 3 is 2.55 bits per heavy atom. The number of benzene rings is 1. The predicted molar refractivity (Wildman–Crippen MR) is 81.7 cm³/mol. The van der Waals surface area contributed by atoms with Crippen LogP contribution in [0.3, 0.4) is 0 Å². The molecule has 3 heteroatoms. The van der Waals surface area contributed by atoms with Gasteiger partial charge in [-0.3, -0.25) is 0 Å². The highest BCUT2D eigenvalue weighted by Gasteiger charge is 2.01. The standard InChI is InChI=1S/C17H22N2O/c1-2-3-4-5-6-13-20-16-10-7-9-15(14-16)17-18-11-8-12-19-17/h7-12,14H,2-6,13H2,1H3.